The Hall–Kier alpha value is -0.740. The van der Waals surface area contributed by atoms with Crippen molar-refractivity contribution >= 4 is 34.7 Å². The monoisotopic (exact) mass is 280 g/mol. The fourth-order valence-corrected chi connectivity index (χ4v) is 3.68. The van der Waals surface area contributed by atoms with E-state index in [1.165, 1.54) is 25.7 Å². The standard InChI is InChI=1S/C14H20N2S2/c1-18-13-9-5-4-8-12(13)16-11-7-3-2-6-10(11)14(15)17/h2-3,6-7,12-13,16H,4-5,8-9H2,1H3,(H2,15,17). The molecule has 0 aromatic heterocycles. The van der Waals surface area contributed by atoms with Gasteiger partial charge in [-0.3, -0.25) is 0 Å². The van der Waals surface area contributed by atoms with Crippen molar-refractivity contribution in [1.29, 1.82) is 0 Å². The number of thioether (sulfide) groups is 1. The molecule has 2 rings (SSSR count). The Bertz CT molecular complexity index is 420. The van der Waals surface area contributed by atoms with Gasteiger partial charge in [0.1, 0.15) is 4.99 Å². The first-order valence-electron chi connectivity index (χ1n) is 6.40. The number of para-hydroxylation sites is 1. The van der Waals surface area contributed by atoms with Gasteiger partial charge in [-0.25, -0.2) is 0 Å². The van der Waals surface area contributed by atoms with Crippen molar-refractivity contribution in [3.63, 3.8) is 0 Å². The highest BCUT2D eigenvalue weighted by Gasteiger charge is 2.24. The van der Waals surface area contributed by atoms with Crippen molar-refractivity contribution in [3.05, 3.63) is 29.8 Å². The summed E-state index contributed by atoms with van der Waals surface area (Å²) < 4.78 is 0. The number of rotatable bonds is 4. The van der Waals surface area contributed by atoms with Crippen LogP contribution in [-0.4, -0.2) is 22.5 Å². The van der Waals surface area contributed by atoms with Crippen LogP contribution in [0.5, 0.6) is 0 Å². The second kappa shape index (κ2) is 6.43. The molecule has 1 aromatic carbocycles. The van der Waals surface area contributed by atoms with Crippen LogP contribution in [0.2, 0.25) is 0 Å². The first-order chi connectivity index (χ1) is 8.72. The lowest BCUT2D eigenvalue weighted by molar-refractivity contribution is 0.475. The molecule has 1 fully saturated rings. The second-order valence-corrected chi connectivity index (χ2v) is 6.24. The highest BCUT2D eigenvalue weighted by atomic mass is 32.2. The molecule has 0 spiro atoms. The van der Waals surface area contributed by atoms with Crippen LogP contribution in [0.25, 0.3) is 0 Å². The summed E-state index contributed by atoms with van der Waals surface area (Å²) in [6.45, 7) is 0. The van der Waals surface area contributed by atoms with E-state index in [4.69, 9.17) is 18.0 Å². The van der Waals surface area contributed by atoms with Crippen LogP contribution in [0.4, 0.5) is 5.69 Å². The summed E-state index contributed by atoms with van der Waals surface area (Å²) in [5, 5.41) is 4.34. The van der Waals surface area contributed by atoms with E-state index in [1.54, 1.807) is 0 Å². The maximum atomic E-state index is 5.77. The predicted octanol–water partition coefficient (Wildman–Crippen LogP) is 3.41. The highest BCUT2D eigenvalue weighted by molar-refractivity contribution is 7.99. The van der Waals surface area contributed by atoms with Gasteiger partial charge in [-0.1, -0.05) is 37.2 Å². The van der Waals surface area contributed by atoms with Gasteiger partial charge in [-0.15, -0.1) is 0 Å². The van der Waals surface area contributed by atoms with Crippen molar-refractivity contribution in [2.24, 2.45) is 5.73 Å². The minimum atomic E-state index is 0.467. The van der Waals surface area contributed by atoms with Crippen molar-refractivity contribution < 1.29 is 0 Å². The first-order valence-corrected chi connectivity index (χ1v) is 8.10. The van der Waals surface area contributed by atoms with Crippen LogP contribution in [0.1, 0.15) is 31.2 Å². The van der Waals surface area contributed by atoms with Gasteiger partial charge in [0.15, 0.2) is 0 Å². The fraction of sp³-hybridized carbons (Fsp3) is 0.500. The van der Waals surface area contributed by atoms with E-state index >= 15 is 0 Å². The van der Waals surface area contributed by atoms with Crippen LogP contribution < -0.4 is 11.1 Å². The quantitative estimate of drug-likeness (QED) is 0.829. The number of nitrogens with one attached hydrogen (secondary N) is 1. The van der Waals surface area contributed by atoms with Crippen molar-refractivity contribution in [2.75, 3.05) is 11.6 Å². The molecule has 18 heavy (non-hydrogen) atoms. The van der Waals surface area contributed by atoms with Gasteiger partial charge >= 0.3 is 0 Å². The van der Waals surface area contributed by atoms with Crippen LogP contribution in [0, 0.1) is 0 Å². The third kappa shape index (κ3) is 3.18. The number of anilines is 1. The van der Waals surface area contributed by atoms with Crippen molar-refractivity contribution in [2.45, 2.75) is 37.0 Å². The van der Waals surface area contributed by atoms with E-state index in [1.807, 2.05) is 30.0 Å². The fourth-order valence-electron chi connectivity index (χ4n) is 2.57. The van der Waals surface area contributed by atoms with Crippen LogP contribution >= 0.6 is 24.0 Å². The van der Waals surface area contributed by atoms with Crippen molar-refractivity contribution in [3.8, 4) is 0 Å². The van der Waals surface area contributed by atoms with E-state index in [0.717, 1.165) is 11.3 Å². The van der Waals surface area contributed by atoms with Gasteiger partial charge in [0.25, 0.3) is 0 Å². The van der Waals surface area contributed by atoms with E-state index in [0.29, 0.717) is 16.3 Å². The smallest absolute Gasteiger partial charge is 0.106 e. The third-order valence-electron chi connectivity index (χ3n) is 3.54. The Balaban J connectivity index is 2.15. The Morgan fingerprint density at radius 3 is 2.78 bits per heavy atom. The topological polar surface area (TPSA) is 38.0 Å². The molecule has 1 saturated carbocycles. The number of thiocarbonyl (C=S) groups is 1. The molecule has 2 nitrogen and oxygen atoms in total. The summed E-state index contributed by atoms with van der Waals surface area (Å²) >= 11 is 7.07. The lowest BCUT2D eigenvalue weighted by Gasteiger charge is -2.32. The predicted molar refractivity (Wildman–Crippen MR) is 85.5 cm³/mol. The van der Waals surface area contributed by atoms with E-state index in [-0.39, 0.29) is 0 Å². The Kier molecular flexibility index (Phi) is 4.89. The zero-order valence-electron chi connectivity index (χ0n) is 10.7. The van der Waals surface area contributed by atoms with E-state index in [9.17, 15) is 0 Å². The average Bonchev–Trinajstić information content (AvgIpc) is 2.40. The van der Waals surface area contributed by atoms with Gasteiger partial charge in [0, 0.05) is 22.5 Å². The first kappa shape index (κ1) is 13.7. The molecule has 1 aromatic rings. The number of nitrogens with two attached hydrogens (primary N) is 1. The van der Waals surface area contributed by atoms with E-state index in [2.05, 4.69) is 17.6 Å². The van der Waals surface area contributed by atoms with Crippen LogP contribution in [-0.2, 0) is 0 Å². The largest absolute Gasteiger partial charge is 0.389 e. The number of benzene rings is 1. The minimum Gasteiger partial charge on any atom is -0.389 e. The molecule has 0 amide bonds. The van der Waals surface area contributed by atoms with Gasteiger partial charge < -0.3 is 11.1 Å². The summed E-state index contributed by atoms with van der Waals surface area (Å²) in [5.74, 6) is 0. The highest BCUT2D eigenvalue weighted by Crippen LogP contribution is 2.30. The average molecular weight is 280 g/mol. The zero-order chi connectivity index (χ0) is 13.0. The van der Waals surface area contributed by atoms with Crippen molar-refractivity contribution in [1.82, 2.24) is 0 Å². The summed E-state index contributed by atoms with van der Waals surface area (Å²) in [5.41, 5.74) is 7.81. The molecular weight excluding hydrogens is 260 g/mol. The molecule has 1 aliphatic carbocycles. The maximum absolute atomic E-state index is 5.77. The molecule has 1 aliphatic rings. The molecule has 0 bridgehead atoms. The summed E-state index contributed by atoms with van der Waals surface area (Å²) in [7, 11) is 0. The third-order valence-corrected chi connectivity index (χ3v) is 4.93. The van der Waals surface area contributed by atoms with Gasteiger partial charge in [0.2, 0.25) is 0 Å². The molecular formula is C14H20N2S2. The minimum absolute atomic E-state index is 0.467. The maximum Gasteiger partial charge on any atom is 0.106 e. The summed E-state index contributed by atoms with van der Waals surface area (Å²) in [6, 6.07) is 8.60. The number of hydrogen-bond acceptors (Lipinski definition) is 3. The molecule has 98 valence electrons. The van der Waals surface area contributed by atoms with Gasteiger partial charge in [-0.2, -0.15) is 11.8 Å². The Morgan fingerprint density at radius 1 is 1.33 bits per heavy atom. The van der Waals surface area contributed by atoms with Crippen LogP contribution in [0.3, 0.4) is 0 Å². The Morgan fingerprint density at radius 2 is 2.06 bits per heavy atom. The summed E-state index contributed by atoms with van der Waals surface area (Å²) in [6.07, 6.45) is 7.39. The molecule has 4 heteroatoms. The summed E-state index contributed by atoms with van der Waals surface area (Å²) in [4.78, 5) is 0.467. The SMILES string of the molecule is CSC1CCCCC1Nc1ccccc1C(N)=S. The molecule has 2 atom stereocenters. The number of hydrogen-bond donors (Lipinski definition) is 2. The zero-order valence-corrected chi connectivity index (χ0v) is 12.3. The van der Waals surface area contributed by atoms with Gasteiger partial charge in [-0.05, 0) is 31.2 Å². The van der Waals surface area contributed by atoms with Crippen LogP contribution in [0.15, 0.2) is 24.3 Å². The lowest BCUT2D eigenvalue weighted by Crippen LogP contribution is -2.34. The molecule has 0 aliphatic heterocycles. The molecule has 2 unspecified atom stereocenters. The molecule has 0 heterocycles. The lowest BCUT2D eigenvalue weighted by atomic mass is 9.94. The van der Waals surface area contributed by atoms with Gasteiger partial charge in [0.05, 0.1) is 0 Å². The van der Waals surface area contributed by atoms with E-state index < -0.39 is 0 Å². The molecule has 3 N–H and O–H groups in total. The molecule has 0 saturated heterocycles. The molecule has 0 radical (unpaired) electrons. The Labute approximate surface area is 119 Å². The second-order valence-electron chi connectivity index (χ2n) is 4.72. The normalized spacial score (nSPS) is 23.6.